The summed E-state index contributed by atoms with van der Waals surface area (Å²) in [7, 11) is 3.97. The minimum Gasteiger partial charge on any atom is -0.491 e. The van der Waals surface area contributed by atoms with E-state index in [9.17, 15) is 9.59 Å². The molecule has 0 atom stereocenters. The smallest absolute Gasteiger partial charge is 0.335 e. The van der Waals surface area contributed by atoms with Gasteiger partial charge in [0.15, 0.2) is 0 Å². The summed E-state index contributed by atoms with van der Waals surface area (Å²) < 4.78 is 5.53. The molecule has 6 nitrogen and oxygen atoms in total. The topological polar surface area (TPSA) is 70.1 Å². The van der Waals surface area contributed by atoms with Gasteiger partial charge in [0, 0.05) is 6.54 Å². The molecule has 0 saturated carbocycles. The third kappa shape index (κ3) is 3.72. The second-order valence-electron chi connectivity index (χ2n) is 5.29. The van der Waals surface area contributed by atoms with Crippen LogP contribution in [0.15, 0.2) is 18.2 Å². The Morgan fingerprint density at radius 3 is 2.86 bits per heavy atom. The van der Waals surface area contributed by atoms with E-state index < -0.39 is 5.97 Å². The Hall–Kier alpha value is -2.08. The van der Waals surface area contributed by atoms with Crippen LogP contribution in [0.1, 0.15) is 23.2 Å². The Labute approximate surface area is 123 Å². The second kappa shape index (κ2) is 6.58. The van der Waals surface area contributed by atoms with Crippen LogP contribution in [0.2, 0.25) is 0 Å². The maximum atomic E-state index is 12.2. The molecule has 1 aliphatic heterocycles. The van der Waals surface area contributed by atoms with Gasteiger partial charge < -0.3 is 19.6 Å². The van der Waals surface area contributed by atoms with E-state index in [1.807, 2.05) is 14.1 Å². The lowest BCUT2D eigenvalue weighted by Crippen LogP contribution is -2.32. The molecule has 0 aliphatic carbocycles. The molecule has 114 valence electrons. The third-order valence-corrected chi connectivity index (χ3v) is 3.36. The highest BCUT2D eigenvalue weighted by molar-refractivity contribution is 5.97. The lowest BCUT2D eigenvalue weighted by molar-refractivity contribution is -0.118. The summed E-state index contributed by atoms with van der Waals surface area (Å²) >= 11 is 0. The Morgan fingerprint density at radius 2 is 2.19 bits per heavy atom. The average Bonchev–Trinajstić information content (AvgIpc) is 2.57. The molecule has 1 amide bonds. The molecule has 0 radical (unpaired) electrons. The summed E-state index contributed by atoms with van der Waals surface area (Å²) in [6.45, 7) is 1.76. The number of carboxylic acids is 1. The molecule has 1 heterocycles. The van der Waals surface area contributed by atoms with Gasteiger partial charge in [-0.2, -0.15) is 0 Å². The Balaban J connectivity index is 2.24. The van der Waals surface area contributed by atoms with Gasteiger partial charge in [-0.15, -0.1) is 0 Å². The molecule has 0 bridgehead atoms. The lowest BCUT2D eigenvalue weighted by Gasteiger charge is -2.23. The molecule has 6 heteroatoms. The highest BCUT2D eigenvalue weighted by Gasteiger charge is 2.23. The standard InChI is InChI=1S/C15H20N2O4/c1-16(2)7-3-8-17-12-5-4-11(15(19)20)10-13(12)21-9-6-14(17)18/h4-5,10H,3,6-9H2,1-2H3,(H,19,20). The number of fused-ring (bicyclic) bond motifs is 1. The Bertz CT molecular complexity index is 542. The molecule has 1 aliphatic rings. The van der Waals surface area contributed by atoms with Crippen molar-refractivity contribution in [3.05, 3.63) is 23.8 Å². The fourth-order valence-corrected chi connectivity index (χ4v) is 2.29. The van der Waals surface area contributed by atoms with Gasteiger partial charge >= 0.3 is 5.97 Å². The number of benzene rings is 1. The molecular formula is C15H20N2O4. The van der Waals surface area contributed by atoms with Crippen LogP contribution in [0.5, 0.6) is 5.75 Å². The first kappa shape index (κ1) is 15.3. The predicted molar refractivity (Wildman–Crippen MR) is 79.0 cm³/mol. The number of rotatable bonds is 5. The number of aromatic carboxylic acids is 1. The van der Waals surface area contributed by atoms with Crippen LogP contribution < -0.4 is 9.64 Å². The van der Waals surface area contributed by atoms with Crippen LogP contribution in [0.4, 0.5) is 5.69 Å². The summed E-state index contributed by atoms with van der Waals surface area (Å²) in [6, 6.07) is 4.63. The van der Waals surface area contributed by atoms with E-state index in [0.29, 0.717) is 24.4 Å². The molecule has 1 N–H and O–H groups in total. The van der Waals surface area contributed by atoms with Crippen molar-refractivity contribution in [1.29, 1.82) is 0 Å². The maximum absolute atomic E-state index is 12.2. The largest absolute Gasteiger partial charge is 0.491 e. The lowest BCUT2D eigenvalue weighted by atomic mass is 10.1. The van der Waals surface area contributed by atoms with Gasteiger partial charge in [0.2, 0.25) is 5.91 Å². The van der Waals surface area contributed by atoms with E-state index >= 15 is 0 Å². The van der Waals surface area contributed by atoms with Crippen molar-refractivity contribution in [2.24, 2.45) is 0 Å². The van der Waals surface area contributed by atoms with Crippen molar-refractivity contribution in [3.8, 4) is 5.75 Å². The summed E-state index contributed by atoms with van der Waals surface area (Å²) in [5.74, 6) is -0.530. The first-order valence-electron chi connectivity index (χ1n) is 6.94. The van der Waals surface area contributed by atoms with Crippen molar-refractivity contribution >= 4 is 17.6 Å². The van der Waals surface area contributed by atoms with Gasteiger partial charge in [0.1, 0.15) is 5.75 Å². The van der Waals surface area contributed by atoms with Crippen LogP contribution in [0, 0.1) is 0 Å². The number of hydrogen-bond acceptors (Lipinski definition) is 4. The predicted octanol–water partition coefficient (Wildman–Crippen LogP) is 1.45. The molecule has 0 saturated heterocycles. The van der Waals surface area contributed by atoms with E-state index in [0.717, 1.165) is 13.0 Å². The van der Waals surface area contributed by atoms with E-state index in [2.05, 4.69) is 4.90 Å². The summed E-state index contributed by atoms with van der Waals surface area (Å²) in [5.41, 5.74) is 0.817. The normalized spacial score (nSPS) is 14.6. The number of carboxylic acid groups (broad SMARTS) is 1. The van der Waals surface area contributed by atoms with E-state index in [4.69, 9.17) is 9.84 Å². The molecule has 1 aromatic rings. The number of carbonyl (C=O) groups excluding carboxylic acids is 1. The monoisotopic (exact) mass is 292 g/mol. The quantitative estimate of drug-likeness (QED) is 0.889. The van der Waals surface area contributed by atoms with Crippen molar-refractivity contribution in [1.82, 2.24) is 4.90 Å². The highest BCUT2D eigenvalue weighted by Crippen LogP contribution is 2.32. The van der Waals surface area contributed by atoms with Crippen LogP contribution in [0.3, 0.4) is 0 Å². The molecule has 1 aromatic carbocycles. The van der Waals surface area contributed by atoms with Crippen molar-refractivity contribution in [3.63, 3.8) is 0 Å². The first-order chi connectivity index (χ1) is 9.99. The average molecular weight is 292 g/mol. The number of anilines is 1. The maximum Gasteiger partial charge on any atom is 0.335 e. The number of amides is 1. The van der Waals surface area contributed by atoms with E-state index in [1.54, 1.807) is 11.0 Å². The molecule has 0 aromatic heterocycles. The van der Waals surface area contributed by atoms with Gasteiger partial charge in [0.25, 0.3) is 0 Å². The van der Waals surface area contributed by atoms with Gasteiger partial charge in [-0.1, -0.05) is 0 Å². The minimum absolute atomic E-state index is 0.00980. The van der Waals surface area contributed by atoms with Crippen molar-refractivity contribution in [2.45, 2.75) is 12.8 Å². The third-order valence-electron chi connectivity index (χ3n) is 3.36. The number of ether oxygens (including phenoxy) is 1. The fraction of sp³-hybridized carbons (Fsp3) is 0.467. The summed E-state index contributed by atoms with van der Waals surface area (Å²) in [5, 5.41) is 9.04. The van der Waals surface area contributed by atoms with Crippen molar-refractivity contribution < 1.29 is 19.4 Å². The SMILES string of the molecule is CN(C)CCCN1C(=O)CCOc2cc(C(=O)O)ccc21. The summed E-state index contributed by atoms with van der Waals surface area (Å²) in [4.78, 5) is 27.0. The second-order valence-corrected chi connectivity index (χ2v) is 5.29. The zero-order valence-corrected chi connectivity index (χ0v) is 12.3. The number of nitrogens with zero attached hydrogens (tertiary/aromatic N) is 2. The van der Waals surface area contributed by atoms with Gasteiger partial charge in [0.05, 0.1) is 24.3 Å². The minimum atomic E-state index is -1.00. The molecule has 0 fully saturated rings. The van der Waals surface area contributed by atoms with Gasteiger partial charge in [-0.3, -0.25) is 4.79 Å². The van der Waals surface area contributed by atoms with Crippen LogP contribution in [-0.4, -0.2) is 55.7 Å². The van der Waals surface area contributed by atoms with Gasteiger partial charge in [-0.25, -0.2) is 4.79 Å². The van der Waals surface area contributed by atoms with E-state index in [-0.39, 0.29) is 18.1 Å². The van der Waals surface area contributed by atoms with Gasteiger partial charge in [-0.05, 0) is 45.3 Å². The van der Waals surface area contributed by atoms with Crippen LogP contribution >= 0.6 is 0 Å². The Kier molecular flexibility index (Phi) is 4.80. The highest BCUT2D eigenvalue weighted by atomic mass is 16.5. The fourth-order valence-electron chi connectivity index (χ4n) is 2.29. The molecule has 21 heavy (non-hydrogen) atoms. The number of carbonyl (C=O) groups is 2. The molecule has 0 unspecified atom stereocenters. The first-order valence-corrected chi connectivity index (χ1v) is 6.94. The molecular weight excluding hydrogens is 272 g/mol. The Morgan fingerprint density at radius 1 is 1.43 bits per heavy atom. The zero-order chi connectivity index (χ0) is 15.4. The van der Waals surface area contributed by atoms with Crippen LogP contribution in [0.25, 0.3) is 0 Å². The van der Waals surface area contributed by atoms with Crippen LogP contribution in [-0.2, 0) is 4.79 Å². The molecule has 0 spiro atoms. The van der Waals surface area contributed by atoms with E-state index in [1.165, 1.54) is 12.1 Å². The number of hydrogen-bond donors (Lipinski definition) is 1. The zero-order valence-electron chi connectivity index (χ0n) is 12.3. The van der Waals surface area contributed by atoms with Crippen molar-refractivity contribution in [2.75, 3.05) is 38.7 Å². The summed E-state index contributed by atoms with van der Waals surface area (Å²) in [6.07, 6.45) is 1.15. The molecule has 2 rings (SSSR count).